The van der Waals surface area contributed by atoms with Gasteiger partial charge in [0.2, 0.25) is 5.91 Å². The van der Waals surface area contributed by atoms with Crippen LogP contribution in [0.15, 0.2) is 78.0 Å². The standard InChI is InChI=1S/C28H29N3O6/c1-36-26-6-4-3-5-23(26)18-7-9-20(10-8-18)28(35)31-17-21(30-37-2)15-24(31)27(34)29-16-25(33)19-11-13-22(32)14-12-19/h3-14,24-25,32-33H,15-17H2,1-2H3,(H,29,34)/t24-,25?/m0/s1. The summed E-state index contributed by atoms with van der Waals surface area (Å²) in [6.07, 6.45) is -0.746. The Bertz CT molecular complexity index is 1270. The van der Waals surface area contributed by atoms with Gasteiger partial charge in [0.25, 0.3) is 5.91 Å². The molecule has 1 fully saturated rings. The van der Waals surface area contributed by atoms with Crippen LogP contribution in [0.3, 0.4) is 0 Å². The maximum absolute atomic E-state index is 13.4. The van der Waals surface area contributed by atoms with Gasteiger partial charge in [0.15, 0.2) is 0 Å². The minimum absolute atomic E-state index is 0.0491. The number of aliphatic hydroxyl groups excluding tert-OH is 1. The average Bonchev–Trinajstić information content (AvgIpc) is 3.36. The fourth-order valence-corrected chi connectivity index (χ4v) is 4.32. The van der Waals surface area contributed by atoms with Gasteiger partial charge in [-0.05, 0) is 41.5 Å². The van der Waals surface area contributed by atoms with E-state index in [2.05, 4.69) is 10.5 Å². The number of phenols is 1. The molecule has 9 heteroatoms. The van der Waals surface area contributed by atoms with Crippen LogP contribution in [0.4, 0.5) is 0 Å². The molecule has 4 rings (SSSR count). The van der Waals surface area contributed by atoms with Crippen molar-refractivity contribution in [1.29, 1.82) is 0 Å². The highest BCUT2D eigenvalue weighted by atomic mass is 16.6. The molecule has 9 nitrogen and oxygen atoms in total. The number of likely N-dealkylation sites (tertiary alicyclic amines) is 1. The van der Waals surface area contributed by atoms with Crippen molar-refractivity contribution < 1.29 is 29.4 Å². The zero-order valence-corrected chi connectivity index (χ0v) is 20.6. The summed E-state index contributed by atoms with van der Waals surface area (Å²) in [5, 5.41) is 26.5. The Balaban J connectivity index is 1.48. The number of hydrogen-bond donors (Lipinski definition) is 3. The number of rotatable bonds is 8. The van der Waals surface area contributed by atoms with Crippen molar-refractivity contribution in [3.63, 3.8) is 0 Å². The molecule has 0 spiro atoms. The molecule has 1 aliphatic heterocycles. The molecule has 0 aliphatic carbocycles. The van der Waals surface area contributed by atoms with Crippen LogP contribution in [0, 0.1) is 0 Å². The first kappa shape index (κ1) is 25.7. The number of ether oxygens (including phenoxy) is 1. The molecule has 37 heavy (non-hydrogen) atoms. The third-order valence-corrected chi connectivity index (χ3v) is 6.24. The minimum Gasteiger partial charge on any atom is -0.508 e. The largest absolute Gasteiger partial charge is 0.508 e. The average molecular weight is 504 g/mol. The van der Waals surface area contributed by atoms with Gasteiger partial charge >= 0.3 is 0 Å². The monoisotopic (exact) mass is 503 g/mol. The Morgan fingerprint density at radius 2 is 1.76 bits per heavy atom. The number of carbonyl (C=O) groups excluding carboxylic acids is 2. The topological polar surface area (TPSA) is 121 Å². The quantitative estimate of drug-likeness (QED) is 0.406. The number of amides is 2. The van der Waals surface area contributed by atoms with Crippen molar-refractivity contribution in [2.24, 2.45) is 5.16 Å². The number of benzene rings is 3. The summed E-state index contributed by atoms with van der Waals surface area (Å²) in [5.41, 5.74) is 3.35. The lowest BCUT2D eigenvalue weighted by Crippen LogP contribution is -2.46. The maximum Gasteiger partial charge on any atom is 0.254 e. The molecule has 0 bridgehead atoms. The highest BCUT2D eigenvalue weighted by molar-refractivity contribution is 6.05. The van der Waals surface area contributed by atoms with Gasteiger partial charge in [0.05, 0.1) is 25.5 Å². The SMILES string of the molecule is CON=C1C[C@@H](C(=O)NCC(O)c2ccc(O)cc2)N(C(=O)c2ccc(-c3ccccc3OC)cc2)C1. The van der Waals surface area contributed by atoms with Crippen molar-refractivity contribution in [3.05, 3.63) is 83.9 Å². The van der Waals surface area contributed by atoms with E-state index in [-0.39, 0.29) is 31.2 Å². The second-order valence-electron chi connectivity index (χ2n) is 8.62. The first-order valence-corrected chi connectivity index (χ1v) is 11.8. The van der Waals surface area contributed by atoms with Crippen LogP contribution in [0.2, 0.25) is 0 Å². The Morgan fingerprint density at radius 3 is 2.43 bits per heavy atom. The van der Waals surface area contributed by atoms with E-state index in [0.717, 1.165) is 16.9 Å². The number of oxime groups is 1. The number of nitrogens with one attached hydrogen (secondary N) is 1. The molecule has 3 aromatic carbocycles. The maximum atomic E-state index is 13.4. The number of para-hydroxylation sites is 1. The number of hydrogen-bond acceptors (Lipinski definition) is 7. The van der Waals surface area contributed by atoms with E-state index in [0.29, 0.717) is 16.8 Å². The van der Waals surface area contributed by atoms with E-state index in [1.165, 1.54) is 24.1 Å². The number of nitrogens with zero attached hydrogens (tertiary/aromatic N) is 2. The molecule has 1 unspecified atom stereocenters. The molecule has 3 aromatic rings. The Kier molecular flexibility index (Phi) is 8.05. The molecular weight excluding hydrogens is 474 g/mol. The lowest BCUT2D eigenvalue weighted by atomic mass is 10.0. The number of methoxy groups -OCH3 is 1. The lowest BCUT2D eigenvalue weighted by Gasteiger charge is -2.24. The van der Waals surface area contributed by atoms with Gasteiger partial charge < -0.3 is 30.0 Å². The third-order valence-electron chi connectivity index (χ3n) is 6.24. The molecule has 1 saturated heterocycles. The highest BCUT2D eigenvalue weighted by Gasteiger charge is 2.38. The Morgan fingerprint density at radius 1 is 1.05 bits per heavy atom. The van der Waals surface area contributed by atoms with Crippen LogP contribution in [-0.2, 0) is 9.63 Å². The Labute approximate surface area is 214 Å². The van der Waals surface area contributed by atoms with E-state index in [1.807, 2.05) is 36.4 Å². The van der Waals surface area contributed by atoms with Crippen molar-refractivity contribution >= 4 is 17.5 Å². The summed E-state index contributed by atoms with van der Waals surface area (Å²) in [4.78, 5) is 32.8. The molecule has 1 heterocycles. The van der Waals surface area contributed by atoms with Crippen LogP contribution >= 0.6 is 0 Å². The second kappa shape index (κ2) is 11.6. The lowest BCUT2D eigenvalue weighted by molar-refractivity contribution is -0.125. The molecule has 2 atom stereocenters. The van der Waals surface area contributed by atoms with Crippen LogP contribution in [-0.4, -0.2) is 66.0 Å². The van der Waals surface area contributed by atoms with E-state index in [1.54, 1.807) is 31.4 Å². The molecule has 0 radical (unpaired) electrons. The molecule has 3 N–H and O–H groups in total. The Hall–Kier alpha value is -4.37. The second-order valence-corrected chi connectivity index (χ2v) is 8.62. The van der Waals surface area contributed by atoms with Gasteiger partial charge in [-0.1, -0.05) is 47.6 Å². The zero-order chi connectivity index (χ0) is 26.4. The van der Waals surface area contributed by atoms with Crippen molar-refractivity contribution in [1.82, 2.24) is 10.2 Å². The number of phenolic OH excluding ortho intramolecular Hbond substituents is 1. The zero-order valence-electron chi connectivity index (χ0n) is 20.6. The molecule has 2 amide bonds. The fraction of sp³-hybridized carbons (Fsp3) is 0.250. The number of aliphatic hydroxyl groups is 1. The van der Waals surface area contributed by atoms with E-state index in [9.17, 15) is 19.8 Å². The van der Waals surface area contributed by atoms with Crippen molar-refractivity contribution in [3.8, 4) is 22.6 Å². The van der Waals surface area contributed by atoms with Crippen LogP contribution in [0.25, 0.3) is 11.1 Å². The van der Waals surface area contributed by atoms with E-state index >= 15 is 0 Å². The molecular formula is C28H29N3O6. The highest BCUT2D eigenvalue weighted by Crippen LogP contribution is 2.30. The predicted octanol–water partition coefficient (Wildman–Crippen LogP) is 3.13. The first-order chi connectivity index (χ1) is 17.9. The first-order valence-electron chi connectivity index (χ1n) is 11.8. The summed E-state index contributed by atoms with van der Waals surface area (Å²) in [5.74, 6) is 0.0963. The van der Waals surface area contributed by atoms with Gasteiger partial charge in [0.1, 0.15) is 24.7 Å². The van der Waals surface area contributed by atoms with Gasteiger partial charge in [-0.3, -0.25) is 9.59 Å². The molecule has 1 aliphatic rings. The van der Waals surface area contributed by atoms with Gasteiger partial charge in [0, 0.05) is 24.1 Å². The smallest absolute Gasteiger partial charge is 0.254 e. The number of aromatic hydroxyl groups is 1. The van der Waals surface area contributed by atoms with Gasteiger partial charge in [-0.2, -0.15) is 0 Å². The summed E-state index contributed by atoms with van der Waals surface area (Å²) in [6.45, 7) is 0.103. The van der Waals surface area contributed by atoms with Gasteiger partial charge in [-0.15, -0.1) is 0 Å². The van der Waals surface area contributed by atoms with Crippen molar-refractivity contribution in [2.45, 2.75) is 18.6 Å². The summed E-state index contributed by atoms with van der Waals surface area (Å²) >= 11 is 0. The van der Waals surface area contributed by atoms with Crippen molar-refractivity contribution in [2.75, 3.05) is 27.3 Å². The van der Waals surface area contributed by atoms with E-state index < -0.39 is 18.1 Å². The van der Waals surface area contributed by atoms with Gasteiger partial charge in [-0.25, -0.2) is 0 Å². The summed E-state index contributed by atoms with van der Waals surface area (Å²) in [7, 11) is 3.02. The normalized spacial score (nSPS) is 16.9. The fourth-order valence-electron chi connectivity index (χ4n) is 4.32. The minimum atomic E-state index is -0.968. The summed E-state index contributed by atoms with van der Waals surface area (Å²) in [6, 6.07) is 20.0. The number of carbonyl (C=O) groups is 2. The van der Waals surface area contributed by atoms with Crippen LogP contribution in [0.5, 0.6) is 11.5 Å². The van der Waals surface area contributed by atoms with E-state index in [4.69, 9.17) is 9.57 Å². The molecule has 0 aromatic heterocycles. The third kappa shape index (κ3) is 5.90. The summed E-state index contributed by atoms with van der Waals surface area (Å²) < 4.78 is 5.43. The van der Waals surface area contributed by atoms with Crippen LogP contribution in [0.1, 0.15) is 28.4 Å². The van der Waals surface area contributed by atoms with Crippen LogP contribution < -0.4 is 10.1 Å². The molecule has 0 saturated carbocycles. The predicted molar refractivity (Wildman–Crippen MR) is 138 cm³/mol. The molecule has 192 valence electrons.